The lowest BCUT2D eigenvalue weighted by atomic mass is 9.82. The number of carbonyl (C=O) groups excluding carboxylic acids is 3. The monoisotopic (exact) mass is 386 g/mol. The van der Waals surface area contributed by atoms with Crippen LogP contribution in [0.5, 0.6) is 0 Å². The van der Waals surface area contributed by atoms with Crippen LogP contribution >= 0.6 is 11.3 Å². The molecular formula is C19H22N4O3S. The van der Waals surface area contributed by atoms with Crippen molar-refractivity contribution in [2.24, 2.45) is 0 Å². The van der Waals surface area contributed by atoms with Gasteiger partial charge in [0.15, 0.2) is 10.9 Å². The smallest absolute Gasteiger partial charge is 0.323 e. The second kappa shape index (κ2) is 6.60. The fourth-order valence-corrected chi connectivity index (χ4v) is 4.96. The normalized spacial score (nSPS) is 19.0. The van der Waals surface area contributed by atoms with Gasteiger partial charge < -0.3 is 5.32 Å². The van der Waals surface area contributed by atoms with Crippen LogP contribution < -0.4 is 5.32 Å². The van der Waals surface area contributed by atoms with Gasteiger partial charge in [-0.3, -0.25) is 19.1 Å². The van der Waals surface area contributed by atoms with Crippen LogP contribution in [-0.2, 0) is 4.79 Å². The van der Waals surface area contributed by atoms with Gasteiger partial charge in [0, 0.05) is 28.5 Å². The highest BCUT2D eigenvalue weighted by Gasteiger charge is 2.51. The van der Waals surface area contributed by atoms with E-state index in [0.717, 1.165) is 40.7 Å². The van der Waals surface area contributed by atoms with E-state index in [4.69, 9.17) is 0 Å². The Morgan fingerprint density at radius 1 is 1.26 bits per heavy atom. The third kappa shape index (κ3) is 2.88. The SMILES string of the molecule is Cc1cc(C(=O)CN2C(=O)NC3(CCCCC3)C2=O)c(C)n1-c1nccs1. The number of hydrogen-bond donors (Lipinski definition) is 1. The molecule has 1 aliphatic carbocycles. The van der Waals surface area contributed by atoms with Gasteiger partial charge in [0.2, 0.25) is 0 Å². The van der Waals surface area contributed by atoms with Crippen LogP contribution in [0.2, 0.25) is 0 Å². The lowest BCUT2D eigenvalue weighted by Crippen LogP contribution is -2.48. The summed E-state index contributed by atoms with van der Waals surface area (Å²) in [4.78, 5) is 43.6. The number of thiazole rings is 1. The zero-order valence-corrected chi connectivity index (χ0v) is 16.3. The summed E-state index contributed by atoms with van der Waals surface area (Å²) in [5.41, 5.74) is 1.39. The summed E-state index contributed by atoms with van der Waals surface area (Å²) in [5, 5.41) is 5.52. The third-order valence-corrected chi connectivity index (χ3v) is 6.35. The molecule has 8 heteroatoms. The number of urea groups is 1. The van der Waals surface area contributed by atoms with Gasteiger partial charge in [0.25, 0.3) is 5.91 Å². The molecule has 7 nitrogen and oxygen atoms in total. The fraction of sp³-hybridized carbons (Fsp3) is 0.474. The third-order valence-electron chi connectivity index (χ3n) is 5.60. The highest BCUT2D eigenvalue weighted by Crippen LogP contribution is 2.34. The summed E-state index contributed by atoms with van der Waals surface area (Å²) in [7, 11) is 0. The second-order valence-corrected chi connectivity index (χ2v) is 8.20. The van der Waals surface area contributed by atoms with Crippen molar-refractivity contribution in [3.8, 4) is 5.13 Å². The van der Waals surface area contributed by atoms with E-state index in [1.54, 1.807) is 12.3 Å². The molecule has 0 bridgehead atoms. The van der Waals surface area contributed by atoms with Gasteiger partial charge in [-0.05, 0) is 32.8 Å². The van der Waals surface area contributed by atoms with Gasteiger partial charge in [-0.15, -0.1) is 11.3 Å². The molecule has 2 aliphatic rings. The van der Waals surface area contributed by atoms with Crippen LogP contribution in [0, 0.1) is 13.8 Å². The average molecular weight is 386 g/mol. The molecule has 2 aromatic rings. The molecule has 0 atom stereocenters. The number of amides is 3. The Bertz CT molecular complexity index is 910. The first kappa shape index (κ1) is 17.9. The van der Waals surface area contributed by atoms with Crippen molar-refractivity contribution in [2.75, 3.05) is 6.54 Å². The highest BCUT2D eigenvalue weighted by molar-refractivity contribution is 7.12. The van der Waals surface area contributed by atoms with Crippen LogP contribution in [0.1, 0.15) is 53.8 Å². The Labute approximate surface area is 161 Å². The second-order valence-electron chi connectivity index (χ2n) is 7.32. The molecule has 3 amide bonds. The van der Waals surface area contributed by atoms with Gasteiger partial charge in [-0.1, -0.05) is 19.3 Å². The molecule has 2 aromatic heterocycles. The van der Waals surface area contributed by atoms with Crippen molar-refractivity contribution in [3.05, 3.63) is 34.6 Å². The van der Waals surface area contributed by atoms with Crippen LogP contribution in [-0.4, -0.2) is 44.3 Å². The lowest BCUT2D eigenvalue weighted by Gasteiger charge is -2.30. The van der Waals surface area contributed by atoms with E-state index in [2.05, 4.69) is 10.3 Å². The molecule has 0 radical (unpaired) electrons. The Morgan fingerprint density at radius 3 is 2.67 bits per heavy atom. The molecule has 1 saturated heterocycles. The average Bonchev–Trinajstić information content (AvgIpc) is 3.31. The van der Waals surface area contributed by atoms with Gasteiger partial charge in [0.1, 0.15) is 5.54 Å². The van der Waals surface area contributed by atoms with Gasteiger partial charge in [0.05, 0.1) is 6.54 Å². The number of nitrogens with one attached hydrogen (secondary N) is 1. The summed E-state index contributed by atoms with van der Waals surface area (Å²) >= 11 is 1.49. The quantitative estimate of drug-likeness (QED) is 0.647. The Morgan fingerprint density at radius 2 is 2.00 bits per heavy atom. The van der Waals surface area contributed by atoms with Crippen molar-refractivity contribution >= 4 is 29.1 Å². The summed E-state index contributed by atoms with van der Waals surface area (Å²) in [6, 6.07) is 1.34. The lowest BCUT2D eigenvalue weighted by molar-refractivity contribution is -0.132. The van der Waals surface area contributed by atoms with Crippen LogP contribution in [0.25, 0.3) is 5.13 Å². The maximum Gasteiger partial charge on any atom is 0.325 e. The Hall–Kier alpha value is -2.48. The van der Waals surface area contributed by atoms with E-state index in [1.807, 2.05) is 23.8 Å². The number of carbonyl (C=O) groups is 3. The van der Waals surface area contributed by atoms with E-state index in [-0.39, 0.29) is 18.2 Å². The predicted octanol–water partition coefficient (Wildman–Crippen LogP) is 2.99. The predicted molar refractivity (Wildman–Crippen MR) is 101 cm³/mol. The minimum Gasteiger partial charge on any atom is -0.323 e. The van der Waals surface area contributed by atoms with Crippen LogP contribution in [0.15, 0.2) is 17.6 Å². The number of rotatable bonds is 4. The van der Waals surface area contributed by atoms with Crippen molar-refractivity contribution in [2.45, 2.75) is 51.5 Å². The van der Waals surface area contributed by atoms with Crippen molar-refractivity contribution in [1.82, 2.24) is 19.8 Å². The minimum absolute atomic E-state index is 0.228. The van der Waals surface area contributed by atoms with E-state index in [9.17, 15) is 14.4 Å². The molecule has 1 saturated carbocycles. The highest BCUT2D eigenvalue weighted by atomic mass is 32.1. The Balaban J connectivity index is 1.57. The molecule has 0 aromatic carbocycles. The van der Waals surface area contributed by atoms with Crippen molar-refractivity contribution < 1.29 is 14.4 Å². The van der Waals surface area contributed by atoms with Crippen LogP contribution in [0.3, 0.4) is 0 Å². The molecule has 4 rings (SSSR count). The molecular weight excluding hydrogens is 364 g/mol. The number of ketones is 1. The number of aromatic nitrogens is 2. The number of Topliss-reactive ketones (excluding diaryl/α,β-unsaturated/α-hetero) is 1. The van der Waals surface area contributed by atoms with E-state index >= 15 is 0 Å². The number of nitrogens with zero attached hydrogens (tertiary/aromatic N) is 3. The summed E-state index contributed by atoms with van der Waals surface area (Å²) in [6.07, 6.45) is 5.94. The zero-order chi connectivity index (χ0) is 19.2. The number of hydrogen-bond acceptors (Lipinski definition) is 5. The molecule has 0 unspecified atom stereocenters. The topological polar surface area (TPSA) is 84.3 Å². The van der Waals surface area contributed by atoms with E-state index in [0.29, 0.717) is 18.4 Å². The molecule has 1 aliphatic heterocycles. The maximum atomic E-state index is 12.9. The molecule has 1 N–H and O–H groups in total. The summed E-state index contributed by atoms with van der Waals surface area (Å²) < 4.78 is 1.92. The first-order chi connectivity index (χ1) is 12.9. The molecule has 142 valence electrons. The first-order valence-corrected chi connectivity index (χ1v) is 10.1. The molecule has 1 spiro atoms. The Kier molecular flexibility index (Phi) is 4.38. The van der Waals surface area contributed by atoms with Gasteiger partial charge in [-0.2, -0.15) is 0 Å². The first-order valence-electron chi connectivity index (χ1n) is 9.19. The van der Waals surface area contributed by atoms with E-state index in [1.165, 1.54) is 11.3 Å². The van der Waals surface area contributed by atoms with Gasteiger partial charge >= 0.3 is 6.03 Å². The largest absolute Gasteiger partial charge is 0.325 e. The minimum atomic E-state index is -0.798. The fourth-order valence-electron chi connectivity index (χ4n) is 4.21. The number of aryl methyl sites for hydroxylation is 1. The standard InChI is InChI=1S/C19H22N4O3S/c1-12-10-14(13(2)23(12)18-20-8-9-27-18)15(24)11-22-16(25)19(21-17(22)26)6-4-3-5-7-19/h8-10H,3-7,11H2,1-2H3,(H,21,26). The van der Waals surface area contributed by atoms with Crippen molar-refractivity contribution in [1.29, 1.82) is 0 Å². The van der Waals surface area contributed by atoms with Gasteiger partial charge in [-0.25, -0.2) is 9.78 Å². The summed E-state index contributed by atoms with van der Waals surface area (Å²) in [6.45, 7) is 3.54. The zero-order valence-electron chi connectivity index (χ0n) is 15.4. The number of imide groups is 1. The maximum absolute atomic E-state index is 12.9. The van der Waals surface area contributed by atoms with E-state index < -0.39 is 11.6 Å². The molecule has 27 heavy (non-hydrogen) atoms. The molecule has 2 fully saturated rings. The molecule has 3 heterocycles. The van der Waals surface area contributed by atoms with Crippen LogP contribution in [0.4, 0.5) is 4.79 Å². The summed E-state index contributed by atoms with van der Waals surface area (Å²) in [5.74, 6) is -0.489. The van der Waals surface area contributed by atoms with Crippen molar-refractivity contribution in [3.63, 3.8) is 0 Å².